The van der Waals surface area contributed by atoms with Gasteiger partial charge in [0.05, 0.1) is 12.5 Å². The van der Waals surface area contributed by atoms with Crippen LogP contribution in [0.1, 0.15) is 24.9 Å². The molecule has 0 fully saturated rings. The van der Waals surface area contributed by atoms with E-state index in [0.29, 0.717) is 10.2 Å². The maximum Gasteiger partial charge on any atom is 0.228 e. The maximum absolute atomic E-state index is 12.0. The van der Waals surface area contributed by atoms with Gasteiger partial charge in [0.1, 0.15) is 0 Å². The molecule has 110 valence electrons. The van der Waals surface area contributed by atoms with Crippen LogP contribution in [-0.4, -0.2) is 16.8 Å². The summed E-state index contributed by atoms with van der Waals surface area (Å²) < 4.78 is 0. The highest BCUT2D eigenvalue weighted by Crippen LogP contribution is 2.21. The summed E-state index contributed by atoms with van der Waals surface area (Å²) in [7, 11) is 0. The number of amides is 2. The van der Waals surface area contributed by atoms with Crippen LogP contribution in [0.5, 0.6) is 0 Å². The van der Waals surface area contributed by atoms with Crippen molar-refractivity contribution < 1.29 is 9.59 Å². The highest BCUT2D eigenvalue weighted by molar-refractivity contribution is 7.13. The fraction of sp³-hybridized carbons (Fsp3) is 0.214. The van der Waals surface area contributed by atoms with E-state index in [9.17, 15) is 9.59 Å². The van der Waals surface area contributed by atoms with Gasteiger partial charge in [-0.2, -0.15) is 0 Å². The minimum atomic E-state index is -0.429. The number of rotatable bonds is 5. The van der Waals surface area contributed by atoms with Crippen LogP contribution >= 0.6 is 22.9 Å². The van der Waals surface area contributed by atoms with Crippen molar-refractivity contribution in [3.63, 3.8) is 0 Å². The number of anilines is 1. The number of thiazole rings is 1. The first-order valence-corrected chi connectivity index (χ1v) is 7.52. The number of benzene rings is 1. The maximum atomic E-state index is 12.0. The van der Waals surface area contributed by atoms with Crippen LogP contribution in [0.3, 0.4) is 0 Å². The van der Waals surface area contributed by atoms with Gasteiger partial charge in [0.25, 0.3) is 0 Å². The topological polar surface area (TPSA) is 71.1 Å². The van der Waals surface area contributed by atoms with Crippen LogP contribution in [0, 0.1) is 0 Å². The highest BCUT2D eigenvalue weighted by Gasteiger charge is 2.18. The summed E-state index contributed by atoms with van der Waals surface area (Å²) in [4.78, 5) is 27.3. The Kier molecular flexibility index (Phi) is 5.30. The summed E-state index contributed by atoms with van der Waals surface area (Å²) in [5, 5.41) is 8.32. The van der Waals surface area contributed by atoms with Crippen LogP contribution in [-0.2, 0) is 9.59 Å². The summed E-state index contributed by atoms with van der Waals surface area (Å²) >= 11 is 7.29. The van der Waals surface area contributed by atoms with Crippen LogP contribution in [0.15, 0.2) is 35.8 Å². The number of hydrogen-bond acceptors (Lipinski definition) is 4. The van der Waals surface area contributed by atoms with E-state index in [4.69, 9.17) is 11.6 Å². The molecule has 1 heterocycles. The second-order valence-corrected chi connectivity index (χ2v) is 5.73. The lowest BCUT2D eigenvalue weighted by Gasteiger charge is -2.18. The molecule has 2 N–H and O–H groups in total. The average molecular weight is 324 g/mol. The minimum Gasteiger partial charge on any atom is -0.349 e. The highest BCUT2D eigenvalue weighted by atomic mass is 35.5. The fourth-order valence-electron chi connectivity index (χ4n) is 1.86. The molecule has 0 aliphatic carbocycles. The first-order chi connectivity index (χ1) is 10.0. The molecule has 0 saturated heterocycles. The lowest BCUT2D eigenvalue weighted by molar-refractivity contribution is -0.120. The molecule has 2 aromatic rings. The molecule has 0 radical (unpaired) electrons. The standard InChI is InChI=1S/C14H14ClN3O2S/c1-9(19)17-12(10-3-2-4-11(15)7-10)8-13(20)18-14-16-5-6-21-14/h2-7,12H,8H2,1H3,(H,17,19)(H,16,18,20). The monoisotopic (exact) mass is 323 g/mol. The fourth-order valence-corrected chi connectivity index (χ4v) is 2.61. The van der Waals surface area contributed by atoms with Gasteiger partial charge in [-0.05, 0) is 17.7 Å². The number of halogens is 1. The molecule has 1 unspecified atom stereocenters. The van der Waals surface area contributed by atoms with E-state index in [2.05, 4.69) is 15.6 Å². The number of aromatic nitrogens is 1. The Hall–Kier alpha value is -1.92. The number of carbonyl (C=O) groups excluding carboxylic acids is 2. The average Bonchev–Trinajstić information content (AvgIpc) is 2.90. The Labute approximate surface area is 131 Å². The van der Waals surface area contributed by atoms with Crippen molar-refractivity contribution in [3.8, 4) is 0 Å². The second kappa shape index (κ2) is 7.19. The van der Waals surface area contributed by atoms with Gasteiger partial charge in [0, 0.05) is 23.5 Å². The molecular weight excluding hydrogens is 310 g/mol. The number of carbonyl (C=O) groups is 2. The van der Waals surface area contributed by atoms with Gasteiger partial charge in [-0.1, -0.05) is 23.7 Å². The van der Waals surface area contributed by atoms with Crippen molar-refractivity contribution in [2.75, 3.05) is 5.32 Å². The van der Waals surface area contributed by atoms with E-state index in [1.807, 2.05) is 6.07 Å². The van der Waals surface area contributed by atoms with Crippen molar-refractivity contribution in [1.29, 1.82) is 0 Å². The van der Waals surface area contributed by atoms with Crippen molar-refractivity contribution in [2.45, 2.75) is 19.4 Å². The normalized spacial score (nSPS) is 11.7. The van der Waals surface area contributed by atoms with E-state index in [-0.39, 0.29) is 18.2 Å². The van der Waals surface area contributed by atoms with Gasteiger partial charge in [-0.3, -0.25) is 9.59 Å². The quantitative estimate of drug-likeness (QED) is 0.888. The Morgan fingerprint density at radius 2 is 2.24 bits per heavy atom. The molecule has 2 rings (SSSR count). The summed E-state index contributed by atoms with van der Waals surface area (Å²) in [5.41, 5.74) is 0.784. The Balaban J connectivity index is 2.09. The Morgan fingerprint density at radius 3 is 2.86 bits per heavy atom. The molecule has 1 atom stereocenters. The predicted molar refractivity (Wildman–Crippen MR) is 83.4 cm³/mol. The zero-order chi connectivity index (χ0) is 15.2. The molecule has 0 aliphatic rings. The van der Waals surface area contributed by atoms with E-state index in [0.717, 1.165) is 5.56 Å². The van der Waals surface area contributed by atoms with Crippen molar-refractivity contribution in [3.05, 3.63) is 46.4 Å². The third-order valence-electron chi connectivity index (χ3n) is 2.70. The summed E-state index contributed by atoms with van der Waals surface area (Å²) in [5.74, 6) is -0.425. The van der Waals surface area contributed by atoms with Gasteiger partial charge in [0.15, 0.2) is 5.13 Å². The van der Waals surface area contributed by atoms with Gasteiger partial charge in [-0.15, -0.1) is 11.3 Å². The van der Waals surface area contributed by atoms with Gasteiger partial charge in [-0.25, -0.2) is 4.98 Å². The lowest BCUT2D eigenvalue weighted by atomic mass is 10.0. The first kappa shape index (κ1) is 15.5. The smallest absolute Gasteiger partial charge is 0.228 e. The number of nitrogens with zero attached hydrogens (tertiary/aromatic N) is 1. The van der Waals surface area contributed by atoms with Gasteiger partial charge >= 0.3 is 0 Å². The van der Waals surface area contributed by atoms with Crippen LogP contribution < -0.4 is 10.6 Å². The lowest BCUT2D eigenvalue weighted by Crippen LogP contribution is -2.29. The van der Waals surface area contributed by atoms with E-state index in [1.54, 1.807) is 29.8 Å². The van der Waals surface area contributed by atoms with Crippen LogP contribution in [0.2, 0.25) is 5.02 Å². The molecule has 21 heavy (non-hydrogen) atoms. The zero-order valence-electron chi connectivity index (χ0n) is 11.3. The molecule has 0 aliphatic heterocycles. The van der Waals surface area contributed by atoms with Crippen LogP contribution in [0.4, 0.5) is 5.13 Å². The van der Waals surface area contributed by atoms with Gasteiger partial charge in [0.2, 0.25) is 11.8 Å². The van der Waals surface area contributed by atoms with E-state index in [1.165, 1.54) is 18.3 Å². The Bertz CT molecular complexity index is 631. The molecule has 1 aromatic heterocycles. The number of nitrogens with one attached hydrogen (secondary N) is 2. The molecular formula is C14H14ClN3O2S. The van der Waals surface area contributed by atoms with E-state index >= 15 is 0 Å². The molecule has 7 heteroatoms. The zero-order valence-corrected chi connectivity index (χ0v) is 12.9. The molecule has 2 amide bonds. The molecule has 0 spiro atoms. The summed E-state index contributed by atoms with van der Waals surface area (Å²) in [6, 6.07) is 6.65. The van der Waals surface area contributed by atoms with Gasteiger partial charge < -0.3 is 10.6 Å². The van der Waals surface area contributed by atoms with Crippen molar-refractivity contribution in [2.24, 2.45) is 0 Å². The molecule has 0 saturated carbocycles. The largest absolute Gasteiger partial charge is 0.349 e. The number of hydrogen-bond donors (Lipinski definition) is 2. The van der Waals surface area contributed by atoms with Crippen molar-refractivity contribution >= 4 is 39.9 Å². The van der Waals surface area contributed by atoms with Crippen LogP contribution in [0.25, 0.3) is 0 Å². The summed E-state index contributed by atoms with van der Waals surface area (Å²) in [6.07, 6.45) is 1.72. The SMILES string of the molecule is CC(=O)NC(CC(=O)Nc1nccs1)c1cccc(Cl)c1. The molecule has 0 bridgehead atoms. The molecule has 5 nitrogen and oxygen atoms in total. The second-order valence-electron chi connectivity index (χ2n) is 4.40. The minimum absolute atomic E-state index is 0.111. The third kappa shape index (κ3) is 4.84. The van der Waals surface area contributed by atoms with E-state index < -0.39 is 6.04 Å². The predicted octanol–water partition coefficient (Wildman–Crippen LogP) is 3.00. The Morgan fingerprint density at radius 1 is 1.43 bits per heavy atom. The third-order valence-corrected chi connectivity index (χ3v) is 3.62. The van der Waals surface area contributed by atoms with Crippen molar-refractivity contribution in [1.82, 2.24) is 10.3 Å². The first-order valence-electron chi connectivity index (χ1n) is 6.26. The summed E-state index contributed by atoms with van der Waals surface area (Å²) in [6.45, 7) is 1.41. The molecule has 1 aromatic carbocycles.